The number of unbranched alkanes of at least 4 members (excludes halogenated alkanes) is 1. The average molecular weight is 203 g/mol. The highest BCUT2D eigenvalue weighted by Gasteiger charge is 2.06. The zero-order valence-corrected chi connectivity index (χ0v) is 8.36. The van der Waals surface area contributed by atoms with Crippen molar-refractivity contribution in [2.24, 2.45) is 0 Å². The highest BCUT2D eigenvalue weighted by Crippen LogP contribution is 2.09. The summed E-state index contributed by atoms with van der Waals surface area (Å²) in [5, 5.41) is 11.0. The fraction of sp³-hybridized carbons (Fsp3) is 0.273. The second kappa shape index (κ2) is 5.66. The lowest BCUT2D eigenvalue weighted by Crippen LogP contribution is -2.25. The number of nitrogens with two attached hydrogens (primary N) is 1. The predicted molar refractivity (Wildman–Crippen MR) is 58.0 cm³/mol. The molecule has 0 unspecified atom stereocenters. The number of amides is 1. The molecule has 3 N–H and O–H groups in total. The van der Waals surface area contributed by atoms with Gasteiger partial charge in [0.1, 0.15) is 0 Å². The summed E-state index contributed by atoms with van der Waals surface area (Å²) in [6, 6.07) is 8.92. The first-order valence-corrected chi connectivity index (χ1v) is 4.75. The SMILES string of the molecule is N#CCCCNC(=O)c1ccccc1N. The molecule has 1 aromatic rings. The molecule has 1 aromatic carbocycles. The van der Waals surface area contributed by atoms with E-state index >= 15 is 0 Å². The standard InChI is InChI=1S/C11H13N3O/c12-7-3-4-8-14-11(15)9-5-1-2-6-10(9)13/h1-2,5-6H,3-4,8,13H2,(H,14,15). The van der Waals surface area contributed by atoms with Gasteiger partial charge >= 0.3 is 0 Å². The van der Waals surface area contributed by atoms with Crippen molar-refractivity contribution >= 4 is 11.6 Å². The fourth-order valence-electron chi connectivity index (χ4n) is 1.17. The van der Waals surface area contributed by atoms with Gasteiger partial charge in [-0.3, -0.25) is 4.79 Å². The first-order chi connectivity index (χ1) is 7.25. The molecule has 15 heavy (non-hydrogen) atoms. The number of hydrogen-bond donors (Lipinski definition) is 2. The maximum atomic E-state index is 11.6. The van der Waals surface area contributed by atoms with Gasteiger partial charge in [-0.25, -0.2) is 0 Å². The second-order valence-electron chi connectivity index (χ2n) is 3.10. The van der Waals surface area contributed by atoms with E-state index in [9.17, 15) is 4.79 Å². The predicted octanol–water partition coefficient (Wildman–Crippen LogP) is 1.30. The first-order valence-electron chi connectivity index (χ1n) is 4.75. The van der Waals surface area contributed by atoms with Crippen molar-refractivity contribution in [1.29, 1.82) is 5.26 Å². The Morgan fingerprint density at radius 2 is 2.20 bits per heavy atom. The number of rotatable bonds is 4. The molecule has 0 bridgehead atoms. The van der Waals surface area contributed by atoms with Gasteiger partial charge in [0, 0.05) is 18.7 Å². The first kappa shape index (κ1) is 11.1. The van der Waals surface area contributed by atoms with Crippen molar-refractivity contribution in [2.75, 3.05) is 12.3 Å². The third-order valence-electron chi connectivity index (χ3n) is 1.96. The number of nitriles is 1. The second-order valence-corrected chi connectivity index (χ2v) is 3.10. The summed E-state index contributed by atoms with van der Waals surface area (Å²) in [5.74, 6) is -0.189. The minimum Gasteiger partial charge on any atom is -0.398 e. The molecule has 0 radical (unpaired) electrons. The van der Waals surface area contributed by atoms with Crippen LogP contribution in [0.1, 0.15) is 23.2 Å². The van der Waals surface area contributed by atoms with E-state index in [1.165, 1.54) is 0 Å². The number of hydrogen-bond acceptors (Lipinski definition) is 3. The number of carbonyl (C=O) groups excluding carboxylic acids is 1. The van der Waals surface area contributed by atoms with Crippen LogP contribution in [0, 0.1) is 11.3 Å². The molecule has 0 saturated carbocycles. The Morgan fingerprint density at radius 3 is 2.87 bits per heavy atom. The Balaban J connectivity index is 2.48. The molecule has 0 heterocycles. The van der Waals surface area contributed by atoms with Crippen LogP contribution in [0.3, 0.4) is 0 Å². The number of anilines is 1. The van der Waals surface area contributed by atoms with Gasteiger partial charge in [0.25, 0.3) is 5.91 Å². The average Bonchev–Trinajstić information content (AvgIpc) is 2.25. The van der Waals surface area contributed by atoms with Crippen molar-refractivity contribution in [3.63, 3.8) is 0 Å². The Kier molecular flexibility index (Phi) is 4.17. The van der Waals surface area contributed by atoms with Gasteiger partial charge in [0.15, 0.2) is 0 Å². The summed E-state index contributed by atoms with van der Waals surface area (Å²) in [4.78, 5) is 11.6. The highest BCUT2D eigenvalue weighted by atomic mass is 16.1. The fourth-order valence-corrected chi connectivity index (χ4v) is 1.17. The Hall–Kier alpha value is -2.02. The maximum absolute atomic E-state index is 11.6. The third-order valence-corrected chi connectivity index (χ3v) is 1.96. The molecule has 0 spiro atoms. The van der Waals surface area contributed by atoms with E-state index in [1.807, 2.05) is 6.07 Å². The highest BCUT2D eigenvalue weighted by molar-refractivity contribution is 5.98. The number of para-hydroxylation sites is 1. The van der Waals surface area contributed by atoms with Crippen molar-refractivity contribution < 1.29 is 4.79 Å². The van der Waals surface area contributed by atoms with E-state index in [-0.39, 0.29) is 5.91 Å². The molecular weight excluding hydrogens is 190 g/mol. The Morgan fingerprint density at radius 1 is 1.47 bits per heavy atom. The van der Waals surface area contributed by atoms with Crippen molar-refractivity contribution in [3.8, 4) is 6.07 Å². The number of nitrogen functional groups attached to an aromatic ring is 1. The summed E-state index contributed by atoms with van der Waals surface area (Å²) in [6.45, 7) is 0.501. The van der Waals surface area contributed by atoms with Crippen LogP contribution in [-0.4, -0.2) is 12.5 Å². The summed E-state index contributed by atoms with van der Waals surface area (Å²) < 4.78 is 0. The number of nitrogens with zero attached hydrogens (tertiary/aromatic N) is 1. The van der Waals surface area contributed by atoms with E-state index in [2.05, 4.69) is 5.32 Å². The van der Waals surface area contributed by atoms with Crippen LogP contribution in [0.4, 0.5) is 5.69 Å². The van der Waals surface area contributed by atoms with E-state index in [1.54, 1.807) is 24.3 Å². The molecule has 0 aliphatic heterocycles. The molecular formula is C11H13N3O. The third kappa shape index (κ3) is 3.31. The maximum Gasteiger partial charge on any atom is 0.253 e. The minimum atomic E-state index is -0.189. The zero-order chi connectivity index (χ0) is 11.1. The van der Waals surface area contributed by atoms with Gasteiger partial charge in [0.05, 0.1) is 11.6 Å². The van der Waals surface area contributed by atoms with Crippen LogP contribution in [0.15, 0.2) is 24.3 Å². The topological polar surface area (TPSA) is 78.9 Å². The van der Waals surface area contributed by atoms with Crippen LogP contribution in [0.5, 0.6) is 0 Å². The van der Waals surface area contributed by atoms with Gasteiger partial charge in [0.2, 0.25) is 0 Å². The number of benzene rings is 1. The quantitative estimate of drug-likeness (QED) is 0.572. The normalized spacial score (nSPS) is 9.27. The summed E-state index contributed by atoms with van der Waals surface area (Å²) in [5.41, 5.74) is 6.59. The summed E-state index contributed by atoms with van der Waals surface area (Å²) in [6.07, 6.45) is 1.11. The van der Waals surface area contributed by atoms with Crippen LogP contribution >= 0.6 is 0 Å². The van der Waals surface area contributed by atoms with Gasteiger partial charge in [-0.1, -0.05) is 12.1 Å². The van der Waals surface area contributed by atoms with Crippen LogP contribution in [-0.2, 0) is 0 Å². The molecule has 1 rings (SSSR count). The van der Waals surface area contributed by atoms with E-state index in [0.717, 1.165) is 0 Å². The van der Waals surface area contributed by atoms with Crippen molar-refractivity contribution in [3.05, 3.63) is 29.8 Å². The summed E-state index contributed by atoms with van der Waals surface area (Å²) >= 11 is 0. The molecule has 0 saturated heterocycles. The zero-order valence-electron chi connectivity index (χ0n) is 8.36. The molecule has 0 fully saturated rings. The van der Waals surface area contributed by atoms with Gasteiger partial charge in [-0.15, -0.1) is 0 Å². The number of carbonyl (C=O) groups is 1. The lowest BCUT2D eigenvalue weighted by atomic mass is 10.1. The van der Waals surface area contributed by atoms with Crippen molar-refractivity contribution in [2.45, 2.75) is 12.8 Å². The smallest absolute Gasteiger partial charge is 0.253 e. The monoisotopic (exact) mass is 203 g/mol. The molecule has 0 aliphatic rings. The summed E-state index contributed by atoms with van der Waals surface area (Å²) in [7, 11) is 0. The minimum absolute atomic E-state index is 0.189. The van der Waals surface area contributed by atoms with E-state index in [4.69, 9.17) is 11.0 Å². The van der Waals surface area contributed by atoms with Crippen LogP contribution < -0.4 is 11.1 Å². The Labute approximate surface area is 88.7 Å². The van der Waals surface area contributed by atoms with Gasteiger partial charge in [-0.2, -0.15) is 5.26 Å². The number of nitrogens with one attached hydrogen (secondary N) is 1. The van der Waals surface area contributed by atoms with E-state index in [0.29, 0.717) is 30.6 Å². The van der Waals surface area contributed by atoms with Gasteiger partial charge < -0.3 is 11.1 Å². The van der Waals surface area contributed by atoms with E-state index < -0.39 is 0 Å². The molecule has 0 aromatic heterocycles. The largest absolute Gasteiger partial charge is 0.398 e. The molecule has 4 nitrogen and oxygen atoms in total. The molecule has 4 heteroatoms. The molecule has 0 aliphatic carbocycles. The Bertz CT molecular complexity index is 382. The van der Waals surface area contributed by atoms with Crippen LogP contribution in [0.25, 0.3) is 0 Å². The molecule has 0 atom stereocenters. The van der Waals surface area contributed by atoms with Crippen LogP contribution in [0.2, 0.25) is 0 Å². The molecule has 78 valence electrons. The lowest BCUT2D eigenvalue weighted by molar-refractivity contribution is 0.0954. The van der Waals surface area contributed by atoms with Gasteiger partial charge in [-0.05, 0) is 18.6 Å². The molecule has 1 amide bonds. The van der Waals surface area contributed by atoms with Crippen molar-refractivity contribution in [1.82, 2.24) is 5.32 Å². The lowest BCUT2D eigenvalue weighted by Gasteiger charge is -2.05.